The molecule has 2 saturated heterocycles. The van der Waals surface area contributed by atoms with Crippen molar-refractivity contribution in [2.45, 2.75) is 52.0 Å². The molecule has 0 bridgehead atoms. The van der Waals surface area contributed by atoms with Gasteiger partial charge in [0.15, 0.2) is 5.82 Å². The summed E-state index contributed by atoms with van der Waals surface area (Å²) in [6.07, 6.45) is 6.17. The molecule has 2 N–H and O–H groups in total. The molecule has 2 aromatic heterocycles. The molecule has 2 aliphatic rings. The zero-order chi connectivity index (χ0) is 25.9. The summed E-state index contributed by atoms with van der Waals surface area (Å²) >= 11 is 0. The molecule has 0 atom stereocenters. The number of likely N-dealkylation sites (tertiary alicyclic amines) is 1. The van der Waals surface area contributed by atoms with Crippen LogP contribution in [0.5, 0.6) is 0 Å². The zero-order valence-corrected chi connectivity index (χ0v) is 21.8. The molecule has 2 fully saturated rings. The van der Waals surface area contributed by atoms with Crippen LogP contribution in [0, 0.1) is 0 Å². The number of benzene rings is 1. The number of hydrogen-bond donors (Lipinski definition) is 1. The quantitative estimate of drug-likeness (QED) is 0.573. The van der Waals surface area contributed by atoms with Crippen LogP contribution in [0.1, 0.15) is 57.2 Å². The first kappa shape index (κ1) is 25.0. The lowest BCUT2D eigenvalue weighted by atomic mass is 9.94. The Morgan fingerprint density at radius 3 is 2.65 bits per heavy atom. The fourth-order valence-electron chi connectivity index (χ4n) is 4.91. The predicted molar refractivity (Wildman–Crippen MR) is 146 cm³/mol. The van der Waals surface area contributed by atoms with Crippen LogP contribution in [-0.2, 0) is 9.53 Å². The molecule has 0 radical (unpaired) electrons. The van der Waals surface area contributed by atoms with Crippen LogP contribution in [0.25, 0.3) is 28.0 Å². The van der Waals surface area contributed by atoms with Crippen LogP contribution in [0.15, 0.2) is 53.3 Å². The molecule has 8 nitrogen and oxygen atoms in total. The van der Waals surface area contributed by atoms with Gasteiger partial charge in [0.1, 0.15) is 0 Å². The molecule has 0 spiro atoms. The summed E-state index contributed by atoms with van der Waals surface area (Å²) in [5, 5.41) is 0.869. The number of piperidine rings is 1. The minimum atomic E-state index is 0.0402. The Morgan fingerprint density at radius 2 is 1.95 bits per heavy atom. The number of nitrogens with zero attached hydrogens (tertiary/aromatic N) is 5. The van der Waals surface area contributed by atoms with Crippen LogP contribution in [-0.4, -0.2) is 63.8 Å². The molecule has 0 unspecified atom stereocenters. The van der Waals surface area contributed by atoms with Gasteiger partial charge in [0, 0.05) is 91.2 Å². The number of carbonyl (C=O) groups is 1. The topological polar surface area (TPSA) is 107 Å². The molecule has 0 aliphatic carbocycles. The van der Waals surface area contributed by atoms with E-state index < -0.39 is 0 Å². The molecular formula is C29H34N6O2. The summed E-state index contributed by atoms with van der Waals surface area (Å²) < 4.78 is 5.51. The summed E-state index contributed by atoms with van der Waals surface area (Å²) in [4.78, 5) is 33.2. The lowest BCUT2D eigenvalue weighted by molar-refractivity contribution is -0.128. The lowest BCUT2D eigenvalue weighted by Crippen LogP contribution is -2.40. The van der Waals surface area contributed by atoms with Crippen molar-refractivity contribution in [3.8, 4) is 11.4 Å². The SMILES string of the molecule is CC(=O)N1CCC(=NC2CCOCC2)/C(=C(\N)c2cccc3nc(-c4ccc(C(C)C)nc4)ncc23)C1. The summed E-state index contributed by atoms with van der Waals surface area (Å²) in [6, 6.07) is 10.2. The first-order valence-corrected chi connectivity index (χ1v) is 13.0. The average Bonchev–Trinajstić information content (AvgIpc) is 2.92. The third kappa shape index (κ3) is 5.39. The number of ether oxygens (including phenoxy) is 1. The Bertz CT molecular complexity index is 1360. The fourth-order valence-corrected chi connectivity index (χ4v) is 4.91. The average molecular weight is 499 g/mol. The molecule has 4 heterocycles. The highest BCUT2D eigenvalue weighted by Crippen LogP contribution is 2.29. The van der Waals surface area contributed by atoms with Crippen molar-refractivity contribution in [3.05, 3.63) is 59.6 Å². The highest BCUT2D eigenvalue weighted by Gasteiger charge is 2.26. The van der Waals surface area contributed by atoms with E-state index in [1.807, 2.05) is 47.6 Å². The lowest BCUT2D eigenvalue weighted by Gasteiger charge is -2.31. The predicted octanol–water partition coefficient (Wildman–Crippen LogP) is 4.36. The van der Waals surface area contributed by atoms with Gasteiger partial charge in [0.25, 0.3) is 0 Å². The molecule has 192 valence electrons. The van der Waals surface area contributed by atoms with Crippen LogP contribution < -0.4 is 5.73 Å². The Balaban J connectivity index is 1.54. The Morgan fingerprint density at radius 1 is 1.14 bits per heavy atom. The molecule has 0 saturated carbocycles. The highest BCUT2D eigenvalue weighted by molar-refractivity contribution is 6.09. The van der Waals surface area contributed by atoms with Gasteiger partial charge in [-0.1, -0.05) is 26.0 Å². The van der Waals surface area contributed by atoms with Gasteiger partial charge < -0.3 is 15.4 Å². The van der Waals surface area contributed by atoms with Crippen molar-refractivity contribution in [1.82, 2.24) is 19.9 Å². The molecule has 3 aromatic rings. The molecule has 8 heteroatoms. The summed E-state index contributed by atoms with van der Waals surface area (Å²) in [5.74, 6) is 1.03. The fraction of sp³-hybridized carbons (Fsp3) is 0.414. The number of aliphatic imine (C=N–C) groups is 1. The summed E-state index contributed by atoms with van der Waals surface area (Å²) in [6.45, 7) is 8.41. The minimum Gasteiger partial charge on any atom is -0.398 e. The number of pyridine rings is 1. The number of hydrogen-bond acceptors (Lipinski definition) is 7. The van der Waals surface area contributed by atoms with Crippen molar-refractivity contribution in [3.63, 3.8) is 0 Å². The highest BCUT2D eigenvalue weighted by atomic mass is 16.5. The van der Waals surface area contributed by atoms with Gasteiger partial charge in [-0.3, -0.25) is 14.8 Å². The van der Waals surface area contributed by atoms with Gasteiger partial charge in [-0.05, 0) is 37.0 Å². The smallest absolute Gasteiger partial charge is 0.219 e. The van der Waals surface area contributed by atoms with E-state index in [0.29, 0.717) is 36.9 Å². The number of carbonyl (C=O) groups excluding carboxylic acids is 1. The van der Waals surface area contributed by atoms with Crippen LogP contribution in [0.3, 0.4) is 0 Å². The van der Waals surface area contributed by atoms with Gasteiger partial charge in [0.2, 0.25) is 5.91 Å². The van der Waals surface area contributed by atoms with Gasteiger partial charge in [0.05, 0.1) is 11.6 Å². The van der Waals surface area contributed by atoms with E-state index in [9.17, 15) is 4.79 Å². The normalized spacial score (nSPS) is 19.6. The van der Waals surface area contributed by atoms with E-state index in [1.54, 1.807) is 6.92 Å². The van der Waals surface area contributed by atoms with E-state index >= 15 is 0 Å². The van der Waals surface area contributed by atoms with Crippen molar-refractivity contribution in [1.29, 1.82) is 0 Å². The molecule has 5 rings (SSSR count). The molecule has 1 amide bonds. The van der Waals surface area contributed by atoms with Gasteiger partial charge >= 0.3 is 0 Å². The van der Waals surface area contributed by atoms with Crippen molar-refractivity contribution < 1.29 is 9.53 Å². The van der Waals surface area contributed by atoms with Gasteiger partial charge in [-0.25, -0.2) is 9.97 Å². The molecular weight excluding hydrogens is 464 g/mol. The number of amides is 1. The van der Waals surface area contributed by atoms with Crippen LogP contribution >= 0.6 is 0 Å². The number of aromatic nitrogens is 3. The van der Waals surface area contributed by atoms with E-state index in [1.165, 1.54) is 0 Å². The zero-order valence-electron chi connectivity index (χ0n) is 21.8. The first-order chi connectivity index (χ1) is 17.9. The third-order valence-corrected chi connectivity index (χ3v) is 7.17. The molecule has 2 aliphatic heterocycles. The number of fused-ring (bicyclic) bond motifs is 1. The van der Waals surface area contributed by atoms with Crippen molar-refractivity contribution >= 4 is 28.2 Å². The minimum absolute atomic E-state index is 0.0402. The second kappa shape index (κ2) is 10.8. The van der Waals surface area contributed by atoms with E-state index in [2.05, 4.69) is 23.8 Å². The van der Waals surface area contributed by atoms with Gasteiger partial charge in [-0.15, -0.1) is 0 Å². The van der Waals surface area contributed by atoms with E-state index in [0.717, 1.165) is 65.1 Å². The number of rotatable bonds is 4. The Labute approximate surface area is 217 Å². The third-order valence-electron chi connectivity index (χ3n) is 7.17. The first-order valence-electron chi connectivity index (χ1n) is 13.0. The summed E-state index contributed by atoms with van der Waals surface area (Å²) in [7, 11) is 0. The van der Waals surface area contributed by atoms with E-state index in [4.69, 9.17) is 20.4 Å². The Kier molecular flexibility index (Phi) is 7.28. The van der Waals surface area contributed by atoms with Crippen molar-refractivity contribution in [2.24, 2.45) is 10.7 Å². The maximum absolute atomic E-state index is 12.2. The monoisotopic (exact) mass is 498 g/mol. The molecule has 37 heavy (non-hydrogen) atoms. The second-order valence-corrected chi connectivity index (χ2v) is 10.1. The van der Waals surface area contributed by atoms with Crippen molar-refractivity contribution in [2.75, 3.05) is 26.3 Å². The number of nitrogens with two attached hydrogens (primary N) is 1. The van der Waals surface area contributed by atoms with Crippen LogP contribution in [0.4, 0.5) is 0 Å². The molecule has 1 aromatic carbocycles. The van der Waals surface area contributed by atoms with E-state index in [-0.39, 0.29) is 11.9 Å². The standard InChI is InChI=1S/C29H34N6O2/c1-18(2)25-8-7-20(15-31-25)29-32-16-23-22(5-4-6-26(23)34-29)28(30)24-17-35(19(3)36)12-9-27(24)33-21-10-13-37-14-11-21/h4-8,15-16,18,21H,9-14,17,30H2,1-3H3/b28-24-,33-27?. The maximum Gasteiger partial charge on any atom is 0.219 e. The Hall–Kier alpha value is -3.65. The van der Waals surface area contributed by atoms with Gasteiger partial charge in [-0.2, -0.15) is 0 Å². The maximum atomic E-state index is 12.2. The van der Waals surface area contributed by atoms with Crippen LogP contribution in [0.2, 0.25) is 0 Å². The summed E-state index contributed by atoms with van der Waals surface area (Å²) in [5.41, 5.74) is 13.0. The second-order valence-electron chi connectivity index (χ2n) is 10.1. The largest absolute Gasteiger partial charge is 0.398 e.